The molecule has 7 heteroatoms. The quantitative estimate of drug-likeness (QED) is 0.621. The molecule has 1 saturated carbocycles. The predicted octanol–water partition coefficient (Wildman–Crippen LogP) is 3.88. The van der Waals surface area contributed by atoms with Gasteiger partial charge in [-0.2, -0.15) is 0 Å². The van der Waals surface area contributed by atoms with Crippen molar-refractivity contribution in [3.8, 4) is 22.8 Å². The number of ether oxygens (including phenoxy) is 2. The van der Waals surface area contributed by atoms with Gasteiger partial charge in [0, 0.05) is 37.3 Å². The van der Waals surface area contributed by atoms with Gasteiger partial charge in [-0.25, -0.2) is 0 Å². The number of hydrogen-bond acceptors (Lipinski definition) is 6. The minimum atomic E-state index is -0.556. The topological polar surface area (TPSA) is 76.8 Å². The van der Waals surface area contributed by atoms with Crippen molar-refractivity contribution in [2.45, 2.75) is 43.7 Å². The molecule has 0 bridgehead atoms. The molecular formula is C26H27N3O4. The van der Waals surface area contributed by atoms with E-state index in [1.165, 1.54) is 5.56 Å². The molecule has 2 aliphatic heterocycles. The Morgan fingerprint density at radius 1 is 1.03 bits per heavy atom. The largest absolute Gasteiger partial charge is 0.454 e. The summed E-state index contributed by atoms with van der Waals surface area (Å²) in [5.74, 6) is 2.14. The molecule has 2 fully saturated rings. The van der Waals surface area contributed by atoms with E-state index in [1.54, 1.807) is 0 Å². The van der Waals surface area contributed by atoms with Crippen LogP contribution in [-0.2, 0) is 16.8 Å². The Morgan fingerprint density at radius 3 is 2.61 bits per heavy atom. The number of aromatic nitrogens is 1. The van der Waals surface area contributed by atoms with Crippen LogP contribution in [0.1, 0.15) is 36.9 Å². The van der Waals surface area contributed by atoms with Crippen LogP contribution in [0, 0.1) is 0 Å². The second-order valence-electron chi connectivity index (χ2n) is 9.24. The first-order chi connectivity index (χ1) is 16.2. The van der Waals surface area contributed by atoms with Crippen molar-refractivity contribution in [1.29, 1.82) is 0 Å². The van der Waals surface area contributed by atoms with Crippen LogP contribution >= 0.6 is 0 Å². The van der Waals surface area contributed by atoms with Crippen molar-refractivity contribution >= 4 is 5.91 Å². The Balaban J connectivity index is 1.08. The number of carbonyl (C=O) groups is 1. The molecule has 3 aliphatic rings. The predicted molar refractivity (Wildman–Crippen MR) is 122 cm³/mol. The fourth-order valence-corrected chi connectivity index (χ4v) is 4.81. The van der Waals surface area contributed by atoms with Crippen molar-refractivity contribution in [1.82, 2.24) is 15.4 Å². The minimum absolute atomic E-state index is 0.0783. The molecule has 170 valence electrons. The maximum atomic E-state index is 13.2. The van der Waals surface area contributed by atoms with Crippen LogP contribution in [0.2, 0.25) is 0 Å². The highest BCUT2D eigenvalue weighted by Crippen LogP contribution is 2.49. The van der Waals surface area contributed by atoms with Crippen molar-refractivity contribution in [3.63, 3.8) is 0 Å². The molecule has 0 atom stereocenters. The Bertz CT molecular complexity index is 1150. The zero-order valence-electron chi connectivity index (χ0n) is 18.5. The summed E-state index contributed by atoms with van der Waals surface area (Å²) in [4.78, 5) is 15.7. The van der Waals surface area contributed by atoms with Gasteiger partial charge in [0.2, 0.25) is 12.7 Å². The highest BCUT2D eigenvalue weighted by atomic mass is 16.7. The molecule has 1 aromatic heterocycles. The van der Waals surface area contributed by atoms with E-state index < -0.39 is 5.41 Å². The van der Waals surface area contributed by atoms with Gasteiger partial charge in [0.15, 0.2) is 17.3 Å². The second kappa shape index (κ2) is 8.23. The van der Waals surface area contributed by atoms with Crippen LogP contribution in [0.4, 0.5) is 0 Å². The first kappa shape index (κ1) is 20.3. The van der Waals surface area contributed by atoms with Crippen molar-refractivity contribution < 1.29 is 18.8 Å². The Hall–Kier alpha value is -3.32. The van der Waals surface area contributed by atoms with Gasteiger partial charge >= 0.3 is 0 Å². The molecule has 33 heavy (non-hydrogen) atoms. The third kappa shape index (κ3) is 3.97. The lowest BCUT2D eigenvalue weighted by molar-refractivity contribution is -0.124. The molecular weight excluding hydrogens is 418 g/mol. The number of hydrogen-bond donors (Lipinski definition) is 1. The molecule has 1 amide bonds. The summed E-state index contributed by atoms with van der Waals surface area (Å²) in [7, 11) is 0. The summed E-state index contributed by atoms with van der Waals surface area (Å²) < 4.78 is 16.4. The fraction of sp³-hybridized carbons (Fsp3) is 0.385. The number of piperidine rings is 1. The molecule has 1 N–H and O–H groups in total. The number of rotatable bonds is 6. The van der Waals surface area contributed by atoms with Crippen molar-refractivity contribution in [3.05, 3.63) is 65.9 Å². The summed E-state index contributed by atoms with van der Waals surface area (Å²) in [6.07, 6.45) is 3.55. The standard InChI is InChI=1S/C26H27N3O4/c30-25(27-20-8-12-29(13-9-20)16-18-4-2-1-3-5-18)26(10-11-26)24-15-22(33-28-24)19-6-7-21-23(14-19)32-17-31-21/h1-7,14-15,20H,8-13,16-17H2,(H,27,30). The maximum absolute atomic E-state index is 13.2. The SMILES string of the molecule is O=C(NC1CCN(Cc2ccccc2)CC1)C1(c2cc(-c3ccc4c(c3)OCO4)on2)CC1. The van der Waals surface area contributed by atoms with Crippen LogP contribution in [0.3, 0.4) is 0 Å². The van der Waals surface area contributed by atoms with E-state index in [0.717, 1.165) is 56.6 Å². The zero-order chi connectivity index (χ0) is 22.3. The van der Waals surface area contributed by atoms with E-state index in [-0.39, 0.29) is 18.7 Å². The third-order valence-corrected chi connectivity index (χ3v) is 7.01. The maximum Gasteiger partial charge on any atom is 0.232 e. The molecule has 1 saturated heterocycles. The van der Waals surface area contributed by atoms with Crippen LogP contribution in [0.5, 0.6) is 11.5 Å². The third-order valence-electron chi connectivity index (χ3n) is 7.01. The summed E-state index contributed by atoms with van der Waals surface area (Å²) in [5.41, 5.74) is 2.36. The van der Waals surface area contributed by atoms with Gasteiger partial charge in [-0.1, -0.05) is 35.5 Å². The monoisotopic (exact) mass is 445 g/mol. The van der Waals surface area contributed by atoms with Gasteiger partial charge in [-0.15, -0.1) is 0 Å². The smallest absolute Gasteiger partial charge is 0.232 e. The van der Waals surface area contributed by atoms with E-state index in [9.17, 15) is 4.79 Å². The van der Waals surface area contributed by atoms with Crippen molar-refractivity contribution in [2.75, 3.05) is 19.9 Å². The van der Waals surface area contributed by atoms with E-state index >= 15 is 0 Å². The molecule has 7 nitrogen and oxygen atoms in total. The minimum Gasteiger partial charge on any atom is -0.454 e. The lowest BCUT2D eigenvalue weighted by Gasteiger charge is -2.33. The summed E-state index contributed by atoms with van der Waals surface area (Å²) >= 11 is 0. The van der Waals surface area contributed by atoms with Crippen LogP contribution in [0.25, 0.3) is 11.3 Å². The second-order valence-corrected chi connectivity index (χ2v) is 9.24. The molecule has 3 heterocycles. The van der Waals surface area contributed by atoms with E-state index in [2.05, 4.69) is 39.6 Å². The molecule has 2 aromatic carbocycles. The molecule has 0 unspecified atom stereocenters. The molecule has 0 spiro atoms. The first-order valence-electron chi connectivity index (χ1n) is 11.6. The van der Waals surface area contributed by atoms with Crippen LogP contribution in [-0.4, -0.2) is 41.9 Å². The van der Waals surface area contributed by atoms with E-state index in [1.807, 2.05) is 30.3 Å². The normalized spacial score (nSPS) is 19.4. The van der Waals surface area contributed by atoms with Gasteiger partial charge in [0.25, 0.3) is 0 Å². The zero-order valence-corrected chi connectivity index (χ0v) is 18.5. The fourth-order valence-electron chi connectivity index (χ4n) is 4.81. The number of benzene rings is 2. The number of carbonyl (C=O) groups excluding carboxylic acids is 1. The Morgan fingerprint density at radius 2 is 1.82 bits per heavy atom. The highest BCUT2D eigenvalue weighted by Gasteiger charge is 2.54. The van der Waals surface area contributed by atoms with Gasteiger partial charge < -0.3 is 19.3 Å². The lowest BCUT2D eigenvalue weighted by atomic mass is 9.97. The highest BCUT2D eigenvalue weighted by molar-refractivity contribution is 5.91. The number of nitrogens with zero attached hydrogens (tertiary/aromatic N) is 2. The summed E-state index contributed by atoms with van der Waals surface area (Å²) in [5, 5.41) is 7.58. The number of likely N-dealkylation sites (tertiary alicyclic amines) is 1. The molecule has 3 aromatic rings. The van der Waals surface area contributed by atoms with Gasteiger partial charge in [-0.3, -0.25) is 9.69 Å². The van der Waals surface area contributed by atoms with Gasteiger partial charge in [0.05, 0.1) is 11.1 Å². The molecule has 6 rings (SSSR count). The van der Waals surface area contributed by atoms with Crippen LogP contribution < -0.4 is 14.8 Å². The average molecular weight is 446 g/mol. The van der Waals surface area contributed by atoms with Crippen molar-refractivity contribution in [2.24, 2.45) is 0 Å². The van der Waals surface area contributed by atoms with Gasteiger partial charge in [-0.05, 0) is 49.4 Å². The van der Waals surface area contributed by atoms with E-state index in [4.69, 9.17) is 14.0 Å². The number of fused-ring (bicyclic) bond motifs is 1. The van der Waals surface area contributed by atoms with Gasteiger partial charge in [0.1, 0.15) is 0 Å². The lowest BCUT2D eigenvalue weighted by Crippen LogP contribution is -2.47. The average Bonchev–Trinajstić information content (AvgIpc) is 3.27. The summed E-state index contributed by atoms with van der Waals surface area (Å²) in [6, 6.07) is 18.3. The molecule has 0 radical (unpaired) electrons. The molecule has 1 aliphatic carbocycles. The Kier molecular flexibility index (Phi) is 5.06. The number of nitrogens with one attached hydrogen (secondary N) is 1. The van der Waals surface area contributed by atoms with Crippen LogP contribution in [0.15, 0.2) is 59.1 Å². The number of amides is 1. The summed E-state index contributed by atoms with van der Waals surface area (Å²) in [6.45, 7) is 3.18. The van der Waals surface area contributed by atoms with E-state index in [0.29, 0.717) is 17.2 Å². The first-order valence-corrected chi connectivity index (χ1v) is 11.6. The Labute approximate surface area is 192 Å².